The zero-order valence-corrected chi connectivity index (χ0v) is 15.3. The van der Waals surface area contributed by atoms with Crippen molar-refractivity contribution in [3.8, 4) is 0 Å². The van der Waals surface area contributed by atoms with Gasteiger partial charge in [-0.05, 0) is 23.6 Å². The second kappa shape index (κ2) is 7.01. The Balaban J connectivity index is 1.97. The van der Waals surface area contributed by atoms with Crippen LogP contribution >= 0.6 is 0 Å². The highest BCUT2D eigenvalue weighted by Gasteiger charge is 2.53. The van der Waals surface area contributed by atoms with Crippen molar-refractivity contribution in [1.29, 1.82) is 0 Å². The number of nitrogens with zero attached hydrogens (tertiary/aromatic N) is 1. The number of benzene rings is 3. The Morgan fingerprint density at radius 1 is 0.852 bits per heavy atom. The Morgan fingerprint density at radius 3 is 1.52 bits per heavy atom. The Labute approximate surface area is 159 Å². The Bertz CT molecular complexity index is 812. The average molecular weight is 357 g/mol. The van der Waals surface area contributed by atoms with E-state index in [4.69, 9.17) is 0 Å². The fourth-order valence-corrected chi connectivity index (χ4v) is 4.38. The van der Waals surface area contributed by atoms with E-state index in [2.05, 4.69) is 84.6 Å². The summed E-state index contributed by atoms with van der Waals surface area (Å²) in [4.78, 5) is 13.6. The van der Waals surface area contributed by atoms with Crippen LogP contribution < -0.4 is 0 Å². The van der Waals surface area contributed by atoms with Crippen molar-refractivity contribution in [3.63, 3.8) is 0 Å². The van der Waals surface area contributed by atoms with Gasteiger partial charge in [-0.3, -0.25) is 9.69 Å². The summed E-state index contributed by atoms with van der Waals surface area (Å²) < 4.78 is 0. The third kappa shape index (κ3) is 2.94. The predicted molar refractivity (Wildman–Crippen MR) is 107 cm³/mol. The maximum atomic E-state index is 11.6. The summed E-state index contributed by atoms with van der Waals surface area (Å²) >= 11 is 0. The molecule has 136 valence electrons. The minimum atomic E-state index is -0.745. The molecule has 1 aliphatic rings. The molecule has 0 saturated carbocycles. The molecule has 3 aromatic carbocycles. The molecule has 1 fully saturated rings. The number of aliphatic carboxylic acids is 1. The molecule has 2 unspecified atom stereocenters. The van der Waals surface area contributed by atoms with Crippen LogP contribution in [0.3, 0.4) is 0 Å². The molecule has 3 nitrogen and oxygen atoms in total. The van der Waals surface area contributed by atoms with E-state index in [0.29, 0.717) is 6.54 Å². The molecule has 1 N–H and O–H groups in total. The number of carbonyl (C=O) groups is 1. The number of rotatable bonds is 6. The Hall–Kier alpha value is -2.91. The minimum Gasteiger partial charge on any atom is -0.480 e. The summed E-state index contributed by atoms with van der Waals surface area (Å²) in [5.41, 5.74) is 3.07. The molecule has 0 spiro atoms. The first-order chi connectivity index (χ1) is 13.2. The molecule has 0 bridgehead atoms. The van der Waals surface area contributed by atoms with Crippen molar-refractivity contribution in [2.24, 2.45) is 0 Å². The van der Waals surface area contributed by atoms with Crippen LogP contribution in [0.4, 0.5) is 0 Å². The molecular weight excluding hydrogens is 334 g/mol. The lowest BCUT2D eigenvalue weighted by Gasteiger charge is -2.42. The van der Waals surface area contributed by atoms with Gasteiger partial charge in [0, 0.05) is 12.6 Å². The maximum Gasteiger partial charge on any atom is 0.322 e. The van der Waals surface area contributed by atoms with E-state index in [-0.39, 0.29) is 6.04 Å². The van der Waals surface area contributed by atoms with Gasteiger partial charge in [-0.1, -0.05) is 91.0 Å². The van der Waals surface area contributed by atoms with Gasteiger partial charge in [-0.15, -0.1) is 0 Å². The first-order valence-corrected chi connectivity index (χ1v) is 9.31. The van der Waals surface area contributed by atoms with Crippen LogP contribution in [0.25, 0.3) is 0 Å². The molecule has 0 aromatic heterocycles. The number of hydrogen-bond acceptors (Lipinski definition) is 2. The van der Waals surface area contributed by atoms with Crippen molar-refractivity contribution in [3.05, 3.63) is 108 Å². The summed E-state index contributed by atoms with van der Waals surface area (Å²) in [6.07, 6.45) is 0. The highest BCUT2D eigenvalue weighted by molar-refractivity contribution is 5.77. The summed E-state index contributed by atoms with van der Waals surface area (Å²) in [7, 11) is 0. The van der Waals surface area contributed by atoms with Gasteiger partial charge >= 0.3 is 5.97 Å². The molecule has 27 heavy (non-hydrogen) atoms. The molecular formula is C24H23NO2. The number of carboxylic acid groups (broad SMARTS) is 1. The zero-order chi connectivity index (χ0) is 18.9. The minimum absolute atomic E-state index is 0.00852. The van der Waals surface area contributed by atoms with Gasteiger partial charge in [0.25, 0.3) is 0 Å². The highest BCUT2D eigenvalue weighted by Crippen LogP contribution is 2.46. The van der Waals surface area contributed by atoms with Gasteiger partial charge in [0.2, 0.25) is 0 Å². The lowest BCUT2D eigenvalue weighted by Crippen LogP contribution is -2.45. The number of hydrogen-bond donors (Lipinski definition) is 1. The van der Waals surface area contributed by atoms with Gasteiger partial charge < -0.3 is 5.11 Å². The predicted octanol–water partition coefficient (Wildman–Crippen LogP) is 4.18. The van der Waals surface area contributed by atoms with Crippen LogP contribution in [0.1, 0.15) is 23.6 Å². The van der Waals surface area contributed by atoms with Crippen molar-refractivity contribution < 1.29 is 9.90 Å². The van der Waals surface area contributed by atoms with E-state index < -0.39 is 17.4 Å². The fraction of sp³-hybridized carbons (Fsp3) is 0.208. The lowest BCUT2D eigenvalue weighted by atomic mass is 9.65. The summed E-state index contributed by atoms with van der Waals surface area (Å²) in [6, 6.07) is 30.9. The van der Waals surface area contributed by atoms with Crippen LogP contribution in [-0.4, -0.2) is 34.6 Å². The zero-order valence-electron chi connectivity index (χ0n) is 15.3. The highest BCUT2D eigenvalue weighted by atomic mass is 16.4. The average Bonchev–Trinajstić information content (AvgIpc) is 3.52. The Morgan fingerprint density at radius 2 is 1.22 bits per heavy atom. The van der Waals surface area contributed by atoms with Gasteiger partial charge in [0.05, 0.1) is 5.41 Å². The first-order valence-electron chi connectivity index (χ1n) is 9.31. The standard InChI is InChI=1S/C24H23NO2/c1-18(25-17-22(25)23(26)27)24(19-11-5-2-6-12-19,20-13-7-3-8-14-20)21-15-9-4-10-16-21/h2-16,18,22H,17H2,1H3,(H,26,27)/t18-,22?,25?/m0/s1. The van der Waals surface area contributed by atoms with Crippen LogP contribution in [0.2, 0.25) is 0 Å². The van der Waals surface area contributed by atoms with Gasteiger partial charge in [-0.25, -0.2) is 0 Å². The summed E-state index contributed by atoms with van der Waals surface area (Å²) in [6.45, 7) is 2.74. The van der Waals surface area contributed by atoms with E-state index in [1.165, 1.54) is 16.7 Å². The van der Waals surface area contributed by atoms with Crippen LogP contribution in [0, 0.1) is 0 Å². The molecule has 0 aliphatic carbocycles. The molecule has 0 amide bonds. The van der Waals surface area contributed by atoms with Crippen LogP contribution in [0.5, 0.6) is 0 Å². The number of carboxylic acids is 1. The van der Waals surface area contributed by atoms with Gasteiger partial charge in [0.15, 0.2) is 0 Å². The monoisotopic (exact) mass is 357 g/mol. The van der Waals surface area contributed by atoms with Crippen LogP contribution in [0.15, 0.2) is 91.0 Å². The molecule has 0 radical (unpaired) electrons. The van der Waals surface area contributed by atoms with Gasteiger partial charge in [0.1, 0.15) is 6.04 Å². The third-order valence-corrected chi connectivity index (χ3v) is 5.75. The molecule has 1 heterocycles. The summed E-state index contributed by atoms with van der Waals surface area (Å²) in [5, 5.41) is 9.51. The van der Waals surface area contributed by atoms with Crippen molar-refractivity contribution in [1.82, 2.24) is 4.90 Å². The lowest BCUT2D eigenvalue weighted by molar-refractivity contribution is -0.137. The van der Waals surface area contributed by atoms with Crippen molar-refractivity contribution in [2.75, 3.05) is 6.54 Å². The van der Waals surface area contributed by atoms with Crippen molar-refractivity contribution >= 4 is 5.97 Å². The first kappa shape index (κ1) is 17.5. The van der Waals surface area contributed by atoms with E-state index in [0.717, 1.165) is 0 Å². The van der Waals surface area contributed by atoms with E-state index in [1.807, 2.05) is 18.2 Å². The van der Waals surface area contributed by atoms with E-state index >= 15 is 0 Å². The second-order valence-corrected chi connectivity index (χ2v) is 7.13. The fourth-order valence-electron chi connectivity index (χ4n) is 4.38. The molecule has 3 heteroatoms. The van der Waals surface area contributed by atoms with Crippen molar-refractivity contribution in [2.45, 2.75) is 24.4 Å². The second-order valence-electron chi connectivity index (χ2n) is 7.13. The molecule has 4 rings (SSSR count). The quantitative estimate of drug-likeness (QED) is 0.531. The Kier molecular flexibility index (Phi) is 4.54. The van der Waals surface area contributed by atoms with Gasteiger partial charge in [-0.2, -0.15) is 0 Å². The van der Waals surface area contributed by atoms with E-state index in [1.54, 1.807) is 0 Å². The molecule has 3 aromatic rings. The molecule has 1 saturated heterocycles. The molecule has 3 atom stereocenters. The maximum absolute atomic E-state index is 11.6. The normalized spacial score (nSPS) is 20.0. The van der Waals surface area contributed by atoms with E-state index in [9.17, 15) is 9.90 Å². The summed E-state index contributed by atoms with van der Waals surface area (Å²) in [5.74, 6) is -0.745. The topological polar surface area (TPSA) is 40.3 Å². The van der Waals surface area contributed by atoms with Crippen LogP contribution in [-0.2, 0) is 10.2 Å². The third-order valence-electron chi connectivity index (χ3n) is 5.75. The smallest absolute Gasteiger partial charge is 0.322 e. The largest absolute Gasteiger partial charge is 0.480 e. The molecule has 1 aliphatic heterocycles. The SMILES string of the molecule is C[C@H](N1CC1C(=O)O)C(c1ccccc1)(c1ccccc1)c1ccccc1.